The van der Waals surface area contributed by atoms with Gasteiger partial charge in [-0.15, -0.1) is 0 Å². The predicted octanol–water partition coefficient (Wildman–Crippen LogP) is 0.456. The van der Waals surface area contributed by atoms with Crippen LogP contribution in [0.2, 0.25) is 0 Å². The van der Waals surface area contributed by atoms with Crippen LogP contribution in [0, 0.1) is 5.92 Å². The number of nitrogens with zero attached hydrogens (tertiary/aromatic N) is 3. The highest BCUT2D eigenvalue weighted by Crippen LogP contribution is 2.14. The molecule has 0 aromatic carbocycles. The average Bonchev–Trinajstić information content (AvgIpc) is 2.44. The summed E-state index contributed by atoms with van der Waals surface area (Å²) in [6, 6.07) is 0.663. The van der Waals surface area contributed by atoms with E-state index in [-0.39, 0.29) is 11.8 Å². The maximum Gasteiger partial charge on any atom is 0.225 e. The molecule has 0 spiro atoms. The maximum atomic E-state index is 12.1. The summed E-state index contributed by atoms with van der Waals surface area (Å²) in [5.74, 6) is 0.255. The molecule has 0 saturated carbocycles. The molecule has 1 atom stereocenters. The van der Waals surface area contributed by atoms with Gasteiger partial charge >= 0.3 is 0 Å². The normalized spacial score (nSPS) is 19.3. The average molecular weight is 284 g/mol. The lowest BCUT2D eigenvalue weighted by Crippen LogP contribution is -2.45. The number of nitrogens with two attached hydrogens (primary N) is 1. The molecule has 5 nitrogen and oxygen atoms in total. The number of rotatable bonds is 7. The lowest BCUT2D eigenvalue weighted by atomic mass is 10.0. The molecule has 1 saturated heterocycles. The van der Waals surface area contributed by atoms with Crippen molar-refractivity contribution in [1.29, 1.82) is 0 Å². The second kappa shape index (κ2) is 8.60. The molecule has 0 bridgehead atoms. The van der Waals surface area contributed by atoms with Crippen molar-refractivity contribution in [1.82, 2.24) is 14.7 Å². The Bertz CT molecular complexity index is 290. The van der Waals surface area contributed by atoms with Gasteiger partial charge in [-0.05, 0) is 53.0 Å². The zero-order valence-corrected chi connectivity index (χ0v) is 13.6. The fourth-order valence-electron chi connectivity index (χ4n) is 2.79. The summed E-state index contributed by atoms with van der Waals surface area (Å²) in [6.45, 7) is 6.65. The number of hydrogen-bond donors (Lipinski definition) is 1. The highest BCUT2D eigenvalue weighted by atomic mass is 16.2. The lowest BCUT2D eigenvalue weighted by molar-refractivity contribution is -0.134. The monoisotopic (exact) mass is 284 g/mol. The van der Waals surface area contributed by atoms with E-state index >= 15 is 0 Å². The first kappa shape index (κ1) is 17.4. The molecule has 1 fully saturated rings. The van der Waals surface area contributed by atoms with Gasteiger partial charge in [0.05, 0.1) is 0 Å². The third-order valence-electron chi connectivity index (χ3n) is 4.50. The van der Waals surface area contributed by atoms with Crippen LogP contribution < -0.4 is 5.73 Å². The van der Waals surface area contributed by atoms with Gasteiger partial charge in [0.1, 0.15) is 0 Å². The van der Waals surface area contributed by atoms with Crippen molar-refractivity contribution in [3.63, 3.8) is 0 Å². The minimum absolute atomic E-state index is 0.0404. The Balaban J connectivity index is 2.29. The molecular weight excluding hydrogens is 252 g/mol. The number of carbonyl (C=O) groups excluding carboxylic acids is 1. The summed E-state index contributed by atoms with van der Waals surface area (Å²) in [4.78, 5) is 18.8. The Morgan fingerprint density at radius 1 is 1.30 bits per heavy atom. The topological polar surface area (TPSA) is 52.8 Å². The first-order valence-corrected chi connectivity index (χ1v) is 7.79. The first-order valence-electron chi connectivity index (χ1n) is 7.79. The molecule has 1 aliphatic rings. The second-order valence-electron chi connectivity index (χ2n) is 6.25. The molecule has 0 aromatic heterocycles. The number of likely N-dealkylation sites (tertiary alicyclic amines) is 1. The summed E-state index contributed by atoms with van der Waals surface area (Å²) in [5, 5.41) is 0. The van der Waals surface area contributed by atoms with E-state index in [2.05, 4.69) is 23.9 Å². The molecule has 20 heavy (non-hydrogen) atoms. The van der Waals surface area contributed by atoms with Gasteiger partial charge in [-0.1, -0.05) is 6.92 Å². The van der Waals surface area contributed by atoms with E-state index in [9.17, 15) is 4.79 Å². The van der Waals surface area contributed by atoms with Gasteiger partial charge in [0.15, 0.2) is 0 Å². The van der Waals surface area contributed by atoms with Crippen molar-refractivity contribution in [2.75, 3.05) is 53.9 Å². The SMILES string of the molecule is CC(CCN)C(=O)N(C)CCN(C)C1CCN(C)CC1. The number of hydrogen-bond acceptors (Lipinski definition) is 4. The van der Waals surface area contributed by atoms with Crippen LogP contribution in [-0.4, -0.2) is 80.5 Å². The van der Waals surface area contributed by atoms with Gasteiger partial charge in [0.25, 0.3) is 0 Å². The molecule has 1 aliphatic heterocycles. The van der Waals surface area contributed by atoms with Crippen LogP contribution in [0.5, 0.6) is 0 Å². The van der Waals surface area contributed by atoms with Crippen LogP contribution in [0.4, 0.5) is 0 Å². The van der Waals surface area contributed by atoms with Crippen molar-refractivity contribution in [3.8, 4) is 0 Å². The van der Waals surface area contributed by atoms with E-state index in [0.717, 1.165) is 19.5 Å². The van der Waals surface area contributed by atoms with Crippen LogP contribution >= 0.6 is 0 Å². The summed E-state index contributed by atoms with van der Waals surface area (Å²) < 4.78 is 0. The van der Waals surface area contributed by atoms with Crippen molar-refractivity contribution in [3.05, 3.63) is 0 Å². The van der Waals surface area contributed by atoms with Crippen molar-refractivity contribution >= 4 is 5.91 Å². The Morgan fingerprint density at radius 3 is 2.45 bits per heavy atom. The Hall–Kier alpha value is -0.650. The van der Waals surface area contributed by atoms with Crippen LogP contribution in [0.25, 0.3) is 0 Å². The third kappa shape index (κ3) is 5.38. The fraction of sp³-hybridized carbons (Fsp3) is 0.933. The van der Waals surface area contributed by atoms with Gasteiger partial charge in [-0.2, -0.15) is 0 Å². The van der Waals surface area contributed by atoms with Gasteiger partial charge in [0.2, 0.25) is 5.91 Å². The van der Waals surface area contributed by atoms with E-state index < -0.39 is 0 Å². The number of amides is 1. The van der Waals surface area contributed by atoms with E-state index in [1.165, 1.54) is 25.9 Å². The molecule has 0 radical (unpaired) electrons. The van der Waals surface area contributed by atoms with Crippen molar-refractivity contribution in [2.24, 2.45) is 11.7 Å². The van der Waals surface area contributed by atoms with E-state index in [1.54, 1.807) is 0 Å². The predicted molar refractivity (Wildman–Crippen MR) is 83.6 cm³/mol. The quantitative estimate of drug-likeness (QED) is 0.738. The Morgan fingerprint density at radius 2 is 1.90 bits per heavy atom. The molecule has 1 heterocycles. The standard InChI is InChI=1S/C15H32N4O/c1-13(5-8-16)15(20)19(4)12-11-18(3)14-6-9-17(2)10-7-14/h13-14H,5-12,16H2,1-4H3. The summed E-state index contributed by atoms with van der Waals surface area (Å²) in [6.07, 6.45) is 3.23. The van der Waals surface area contributed by atoms with E-state index in [0.29, 0.717) is 12.6 Å². The van der Waals surface area contributed by atoms with Crippen LogP contribution in [0.15, 0.2) is 0 Å². The maximum absolute atomic E-state index is 12.1. The van der Waals surface area contributed by atoms with E-state index in [4.69, 9.17) is 5.73 Å². The van der Waals surface area contributed by atoms with Crippen molar-refractivity contribution in [2.45, 2.75) is 32.2 Å². The molecular formula is C15H32N4O. The lowest BCUT2D eigenvalue weighted by Gasteiger charge is -2.36. The van der Waals surface area contributed by atoms with Gasteiger partial charge in [-0.25, -0.2) is 0 Å². The number of carbonyl (C=O) groups is 1. The second-order valence-corrected chi connectivity index (χ2v) is 6.25. The molecule has 1 rings (SSSR count). The Kier molecular flexibility index (Phi) is 7.48. The zero-order valence-electron chi connectivity index (χ0n) is 13.6. The minimum Gasteiger partial charge on any atom is -0.344 e. The fourth-order valence-corrected chi connectivity index (χ4v) is 2.79. The van der Waals surface area contributed by atoms with Crippen molar-refractivity contribution < 1.29 is 4.79 Å². The summed E-state index contributed by atoms with van der Waals surface area (Å²) >= 11 is 0. The Labute approximate surface area is 124 Å². The number of likely N-dealkylation sites (N-methyl/N-ethyl adjacent to an activating group) is 2. The largest absolute Gasteiger partial charge is 0.344 e. The van der Waals surface area contributed by atoms with Gasteiger partial charge < -0.3 is 20.4 Å². The molecule has 1 unspecified atom stereocenters. The zero-order chi connectivity index (χ0) is 15.1. The van der Waals surface area contributed by atoms with Crippen LogP contribution in [0.1, 0.15) is 26.2 Å². The van der Waals surface area contributed by atoms with Crippen LogP contribution in [0.3, 0.4) is 0 Å². The van der Waals surface area contributed by atoms with Gasteiger partial charge in [0, 0.05) is 32.1 Å². The molecule has 0 aliphatic carbocycles. The summed E-state index contributed by atoms with van der Waals surface area (Å²) in [5.41, 5.74) is 5.52. The molecule has 0 aromatic rings. The van der Waals surface area contributed by atoms with Gasteiger partial charge in [-0.3, -0.25) is 4.79 Å². The van der Waals surface area contributed by atoms with Crippen LogP contribution in [-0.2, 0) is 4.79 Å². The highest BCUT2D eigenvalue weighted by Gasteiger charge is 2.22. The molecule has 1 amide bonds. The molecule has 5 heteroatoms. The van der Waals surface area contributed by atoms with E-state index in [1.807, 2.05) is 18.9 Å². The highest BCUT2D eigenvalue weighted by molar-refractivity contribution is 5.78. The molecule has 118 valence electrons. The first-order chi connectivity index (χ1) is 9.45. The number of piperidine rings is 1. The third-order valence-corrected chi connectivity index (χ3v) is 4.50. The smallest absolute Gasteiger partial charge is 0.225 e. The minimum atomic E-state index is 0.0404. The molecule has 2 N–H and O–H groups in total. The summed E-state index contributed by atoms with van der Waals surface area (Å²) in [7, 11) is 6.26.